The zero-order valence-electron chi connectivity index (χ0n) is 10.7. The number of rotatable bonds is 4. The molecule has 2 aromatic heterocycles. The van der Waals surface area contributed by atoms with Crippen molar-refractivity contribution in [3.05, 3.63) is 34.3 Å². The first kappa shape index (κ1) is 13.2. The second-order valence-electron chi connectivity index (χ2n) is 4.57. The summed E-state index contributed by atoms with van der Waals surface area (Å²) in [6.07, 6.45) is 3.41. The lowest BCUT2D eigenvalue weighted by Crippen LogP contribution is -2.45. The van der Waals surface area contributed by atoms with Crippen LogP contribution in [0.4, 0.5) is 0 Å². The Balaban J connectivity index is 1.93. The molecule has 1 unspecified atom stereocenters. The lowest BCUT2D eigenvalue weighted by Gasteiger charge is -2.33. The van der Waals surface area contributed by atoms with E-state index in [0.29, 0.717) is 0 Å². The lowest BCUT2D eigenvalue weighted by atomic mass is 10.1. The van der Waals surface area contributed by atoms with Crippen LogP contribution in [0.2, 0.25) is 0 Å². The van der Waals surface area contributed by atoms with Crippen LogP contribution < -0.4 is 5.32 Å². The number of aromatic nitrogens is 3. The van der Waals surface area contributed by atoms with E-state index in [2.05, 4.69) is 25.2 Å². The van der Waals surface area contributed by atoms with Gasteiger partial charge in [-0.3, -0.25) is 4.90 Å². The van der Waals surface area contributed by atoms with E-state index in [-0.39, 0.29) is 11.7 Å². The summed E-state index contributed by atoms with van der Waals surface area (Å²) in [6, 6.07) is -0.0577. The van der Waals surface area contributed by atoms with E-state index in [1.807, 2.05) is 0 Å². The zero-order valence-corrected chi connectivity index (χ0v) is 11.6. The second-order valence-corrected chi connectivity index (χ2v) is 5.46. The van der Waals surface area contributed by atoms with Crippen molar-refractivity contribution in [3.8, 4) is 0 Å². The molecule has 1 fully saturated rings. The highest BCUT2D eigenvalue weighted by molar-refractivity contribution is 7.09. The molecule has 1 aliphatic rings. The minimum Gasteiger partial charge on any atom is -0.476 e. The van der Waals surface area contributed by atoms with E-state index in [1.54, 1.807) is 17.9 Å². The van der Waals surface area contributed by atoms with Crippen molar-refractivity contribution >= 4 is 17.3 Å². The van der Waals surface area contributed by atoms with Crippen molar-refractivity contribution in [1.29, 1.82) is 0 Å². The average molecular weight is 293 g/mol. The molecule has 3 heterocycles. The molecule has 1 aliphatic heterocycles. The first-order valence-electron chi connectivity index (χ1n) is 6.37. The number of carbonyl (C=O) groups is 1. The molecular formula is C12H15N5O2S. The van der Waals surface area contributed by atoms with Gasteiger partial charge in [-0.15, -0.1) is 11.3 Å². The Kier molecular flexibility index (Phi) is 3.77. The maximum Gasteiger partial charge on any atom is 0.355 e. The normalized spacial score (nSPS) is 18.0. The Morgan fingerprint density at radius 3 is 2.85 bits per heavy atom. The third-order valence-corrected chi connectivity index (χ3v) is 4.20. The SMILES string of the molecule is O=C(O)c1csc(C(c2cnc[nH]2)N2CCNCC2)n1. The van der Waals surface area contributed by atoms with Gasteiger partial charge in [-0.1, -0.05) is 0 Å². The number of carboxylic acid groups (broad SMARTS) is 1. The Morgan fingerprint density at radius 2 is 2.25 bits per heavy atom. The zero-order chi connectivity index (χ0) is 13.9. The van der Waals surface area contributed by atoms with E-state index in [1.165, 1.54) is 11.3 Å². The van der Waals surface area contributed by atoms with Crippen LogP contribution in [0.1, 0.15) is 27.2 Å². The van der Waals surface area contributed by atoms with Gasteiger partial charge >= 0.3 is 5.97 Å². The van der Waals surface area contributed by atoms with Crippen molar-refractivity contribution in [2.24, 2.45) is 0 Å². The van der Waals surface area contributed by atoms with E-state index in [0.717, 1.165) is 36.9 Å². The highest BCUT2D eigenvalue weighted by Crippen LogP contribution is 2.29. The molecule has 3 rings (SSSR count). The van der Waals surface area contributed by atoms with Crippen molar-refractivity contribution < 1.29 is 9.90 Å². The van der Waals surface area contributed by atoms with Gasteiger partial charge in [0.1, 0.15) is 11.0 Å². The van der Waals surface area contributed by atoms with Crippen molar-refractivity contribution in [3.63, 3.8) is 0 Å². The molecule has 0 amide bonds. The summed E-state index contributed by atoms with van der Waals surface area (Å²) in [4.78, 5) is 24.7. The van der Waals surface area contributed by atoms with Gasteiger partial charge in [0.05, 0.1) is 12.0 Å². The van der Waals surface area contributed by atoms with Crippen LogP contribution >= 0.6 is 11.3 Å². The number of nitrogens with zero attached hydrogens (tertiary/aromatic N) is 3. The number of aromatic amines is 1. The molecule has 0 aliphatic carbocycles. The van der Waals surface area contributed by atoms with Gasteiger partial charge in [0.15, 0.2) is 5.69 Å². The van der Waals surface area contributed by atoms with Crippen LogP contribution in [-0.2, 0) is 0 Å². The van der Waals surface area contributed by atoms with Crippen LogP contribution in [0.3, 0.4) is 0 Å². The van der Waals surface area contributed by atoms with Crippen LogP contribution in [0.15, 0.2) is 17.9 Å². The third-order valence-electron chi connectivity index (χ3n) is 3.31. The maximum atomic E-state index is 11.0. The lowest BCUT2D eigenvalue weighted by molar-refractivity contribution is 0.0690. The van der Waals surface area contributed by atoms with Gasteiger partial charge in [-0.25, -0.2) is 14.8 Å². The number of nitrogens with one attached hydrogen (secondary N) is 2. The van der Waals surface area contributed by atoms with Gasteiger partial charge in [0.25, 0.3) is 0 Å². The molecule has 20 heavy (non-hydrogen) atoms. The summed E-state index contributed by atoms with van der Waals surface area (Å²) >= 11 is 1.38. The summed E-state index contributed by atoms with van der Waals surface area (Å²) in [5.74, 6) is -0.990. The number of carboxylic acids is 1. The minimum absolute atomic E-state index is 0.0577. The summed E-state index contributed by atoms with van der Waals surface area (Å²) in [6.45, 7) is 3.63. The number of piperazine rings is 1. The van der Waals surface area contributed by atoms with E-state index in [4.69, 9.17) is 5.11 Å². The standard InChI is InChI=1S/C12H15N5O2S/c18-12(19)9-6-20-11(16-9)10(8-5-14-7-15-8)17-3-1-13-2-4-17/h5-7,10,13H,1-4H2,(H,14,15)(H,18,19). The predicted octanol–water partition coefficient (Wildman–Crippen LogP) is 0.559. The van der Waals surface area contributed by atoms with E-state index < -0.39 is 5.97 Å². The number of hydrogen-bond acceptors (Lipinski definition) is 6. The summed E-state index contributed by atoms with van der Waals surface area (Å²) in [5, 5.41) is 14.7. The van der Waals surface area contributed by atoms with Gasteiger partial charge < -0.3 is 15.4 Å². The van der Waals surface area contributed by atoms with Crippen LogP contribution in [0.25, 0.3) is 0 Å². The minimum atomic E-state index is -0.990. The van der Waals surface area contributed by atoms with Gasteiger partial charge in [0.2, 0.25) is 0 Å². The maximum absolute atomic E-state index is 11.0. The molecule has 0 aromatic carbocycles. The number of hydrogen-bond donors (Lipinski definition) is 3. The Morgan fingerprint density at radius 1 is 1.45 bits per heavy atom. The molecule has 0 saturated carbocycles. The Bertz CT molecular complexity index is 576. The molecule has 106 valence electrons. The molecule has 7 nitrogen and oxygen atoms in total. The number of aromatic carboxylic acids is 1. The molecule has 1 atom stereocenters. The van der Waals surface area contributed by atoms with Crippen molar-refractivity contribution in [2.45, 2.75) is 6.04 Å². The molecule has 0 bridgehead atoms. The van der Waals surface area contributed by atoms with Crippen molar-refractivity contribution in [2.75, 3.05) is 26.2 Å². The van der Waals surface area contributed by atoms with Gasteiger partial charge in [-0.05, 0) is 0 Å². The highest BCUT2D eigenvalue weighted by atomic mass is 32.1. The van der Waals surface area contributed by atoms with Gasteiger partial charge in [-0.2, -0.15) is 0 Å². The first-order valence-corrected chi connectivity index (χ1v) is 7.25. The first-order chi connectivity index (χ1) is 9.75. The van der Waals surface area contributed by atoms with E-state index >= 15 is 0 Å². The third kappa shape index (κ3) is 2.58. The topological polar surface area (TPSA) is 94.1 Å². The Labute approximate surface area is 119 Å². The fourth-order valence-electron chi connectivity index (χ4n) is 2.35. The number of thiazole rings is 1. The highest BCUT2D eigenvalue weighted by Gasteiger charge is 2.28. The fourth-order valence-corrected chi connectivity index (χ4v) is 3.30. The Hall–Kier alpha value is -1.77. The molecule has 0 spiro atoms. The van der Waals surface area contributed by atoms with Crippen LogP contribution in [0.5, 0.6) is 0 Å². The average Bonchev–Trinajstić information content (AvgIpc) is 3.12. The van der Waals surface area contributed by atoms with Crippen molar-refractivity contribution in [1.82, 2.24) is 25.2 Å². The van der Waals surface area contributed by atoms with E-state index in [9.17, 15) is 4.79 Å². The quantitative estimate of drug-likeness (QED) is 0.762. The fraction of sp³-hybridized carbons (Fsp3) is 0.417. The summed E-state index contributed by atoms with van der Waals surface area (Å²) < 4.78 is 0. The monoisotopic (exact) mass is 293 g/mol. The number of H-pyrrole nitrogens is 1. The molecule has 1 saturated heterocycles. The molecule has 8 heteroatoms. The molecular weight excluding hydrogens is 278 g/mol. The summed E-state index contributed by atoms with van der Waals surface area (Å²) in [5.41, 5.74) is 1.04. The largest absolute Gasteiger partial charge is 0.476 e. The predicted molar refractivity (Wildman–Crippen MR) is 73.9 cm³/mol. The molecule has 0 radical (unpaired) electrons. The molecule has 2 aromatic rings. The smallest absolute Gasteiger partial charge is 0.355 e. The second kappa shape index (κ2) is 5.70. The summed E-state index contributed by atoms with van der Waals surface area (Å²) in [7, 11) is 0. The van der Waals surface area contributed by atoms with Crippen LogP contribution in [-0.4, -0.2) is 57.1 Å². The van der Waals surface area contributed by atoms with Crippen LogP contribution in [0, 0.1) is 0 Å². The molecule has 3 N–H and O–H groups in total. The number of imidazole rings is 1. The van der Waals surface area contributed by atoms with Gasteiger partial charge in [0, 0.05) is 37.8 Å².